The standard InChI is InChI=1S/C22H18ClN3O7S/c1-33-22(28)15-11-12-17(23)18(13-15)24-21(27)14-25(16-7-3-2-4-8-16)34(31,32)20-10-6-5-9-19(20)26(29)30/h2-13H,14H2,1H3,(H,24,27). The van der Waals surface area contributed by atoms with E-state index < -0.39 is 44.0 Å². The number of hydrogen-bond donors (Lipinski definition) is 1. The van der Waals surface area contributed by atoms with Gasteiger partial charge in [0.1, 0.15) is 6.54 Å². The number of ether oxygens (including phenoxy) is 1. The van der Waals surface area contributed by atoms with E-state index in [2.05, 4.69) is 10.1 Å². The lowest BCUT2D eigenvalue weighted by Gasteiger charge is -2.24. The van der Waals surface area contributed by atoms with Crippen molar-refractivity contribution in [3.8, 4) is 0 Å². The molecule has 0 atom stereocenters. The van der Waals surface area contributed by atoms with Crippen LogP contribution in [0.2, 0.25) is 5.02 Å². The maximum absolute atomic E-state index is 13.4. The Kier molecular flexibility index (Phi) is 7.49. The van der Waals surface area contributed by atoms with Crippen LogP contribution >= 0.6 is 11.6 Å². The molecule has 12 heteroatoms. The zero-order chi connectivity index (χ0) is 24.9. The largest absolute Gasteiger partial charge is 0.465 e. The Bertz CT molecular complexity index is 1350. The van der Waals surface area contributed by atoms with E-state index in [4.69, 9.17) is 11.6 Å². The lowest BCUT2D eigenvalue weighted by atomic mass is 10.2. The van der Waals surface area contributed by atoms with Gasteiger partial charge in [-0.2, -0.15) is 0 Å². The number of nitrogens with zero attached hydrogens (tertiary/aromatic N) is 2. The molecule has 0 aromatic heterocycles. The number of hydrogen-bond acceptors (Lipinski definition) is 7. The van der Waals surface area contributed by atoms with E-state index in [1.165, 1.54) is 49.6 Å². The quantitative estimate of drug-likeness (QED) is 0.280. The predicted octanol–water partition coefficient (Wildman–Crippen LogP) is 3.87. The second-order valence-electron chi connectivity index (χ2n) is 6.81. The zero-order valence-corrected chi connectivity index (χ0v) is 19.2. The van der Waals surface area contributed by atoms with E-state index in [0.717, 1.165) is 16.4 Å². The molecule has 0 saturated heterocycles. The highest BCUT2D eigenvalue weighted by atomic mass is 35.5. The smallest absolute Gasteiger partial charge is 0.337 e. The molecule has 0 bridgehead atoms. The summed E-state index contributed by atoms with van der Waals surface area (Å²) in [5, 5.41) is 14.0. The molecule has 1 N–H and O–H groups in total. The molecule has 0 aliphatic carbocycles. The van der Waals surface area contributed by atoms with Crippen LogP contribution in [0.3, 0.4) is 0 Å². The van der Waals surface area contributed by atoms with E-state index in [1.807, 2.05) is 0 Å². The second-order valence-corrected chi connectivity index (χ2v) is 9.04. The van der Waals surface area contributed by atoms with Crippen molar-refractivity contribution in [1.29, 1.82) is 0 Å². The van der Waals surface area contributed by atoms with Gasteiger partial charge < -0.3 is 10.1 Å². The molecule has 0 unspecified atom stereocenters. The van der Waals surface area contributed by atoms with Crippen molar-refractivity contribution in [3.63, 3.8) is 0 Å². The van der Waals surface area contributed by atoms with E-state index in [0.29, 0.717) is 0 Å². The van der Waals surface area contributed by atoms with Crippen LogP contribution in [0, 0.1) is 10.1 Å². The third-order valence-corrected chi connectivity index (χ3v) is 6.77. The molecule has 0 fully saturated rings. The van der Waals surface area contributed by atoms with Crippen molar-refractivity contribution in [1.82, 2.24) is 0 Å². The van der Waals surface area contributed by atoms with Crippen LogP contribution in [-0.2, 0) is 19.6 Å². The molecule has 0 saturated carbocycles. The molecule has 3 rings (SSSR count). The molecule has 0 spiro atoms. The molecule has 0 aliphatic rings. The Morgan fingerprint density at radius 3 is 2.35 bits per heavy atom. The maximum Gasteiger partial charge on any atom is 0.337 e. The zero-order valence-electron chi connectivity index (χ0n) is 17.7. The first-order chi connectivity index (χ1) is 16.1. The van der Waals surface area contributed by atoms with Crippen LogP contribution in [0.25, 0.3) is 0 Å². The van der Waals surface area contributed by atoms with Crippen molar-refractivity contribution in [2.24, 2.45) is 0 Å². The Morgan fingerprint density at radius 2 is 1.71 bits per heavy atom. The fraction of sp³-hybridized carbons (Fsp3) is 0.0909. The van der Waals surface area contributed by atoms with Crippen molar-refractivity contribution < 1.29 is 27.7 Å². The number of methoxy groups -OCH3 is 1. The van der Waals surface area contributed by atoms with Crippen LogP contribution in [-0.4, -0.2) is 38.9 Å². The average molecular weight is 504 g/mol. The summed E-state index contributed by atoms with van der Waals surface area (Å²) < 4.78 is 32.3. The van der Waals surface area contributed by atoms with Gasteiger partial charge in [-0.1, -0.05) is 41.9 Å². The normalized spacial score (nSPS) is 10.9. The van der Waals surface area contributed by atoms with Crippen LogP contribution < -0.4 is 9.62 Å². The highest BCUT2D eigenvalue weighted by Crippen LogP contribution is 2.30. The maximum atomic E-state index is 13.4. The number of rotatable bonds is 8. The molecule has 3 aromatic carbocycles. The number of sulfonamides is 1. The van der Waals surface area contributed by atoms with Crippen molar-refractivity contribution in [2.75, 3.05) is 23.3 Å². The van der Waals surface area contributed by atoms with Gasteiger partial charge in [0.25, 0.3) is 15.7 Å². The van der Waals surface area contributed by atoms with Gasteiger partial charge in [-0.05, 0) is 36.4 Å². The van der Waals surface area contributed by atoms with Gasteiger partial charge in [0.05, 0.1) is 34.0 Å². The summed E-state index contributed by atoms with van der Waals surface area (Å²) in [6.45, 7) is -0.725. The molecule has 1 amide bonds. The third kappa shape index (κ3) is 5.33. The van der Waals surface area contributed by atoms with Crippen molar-refractivity contribution in [2.45, 2.75) is 4.90 Å². The van der Waals surface area contributed by atoms with Gasteiger partial charge in [0, 0.05) is 6.07 Å². The van der Waals surface area contributed by atoms with Crippen LogP contribution in [0.1, 0.15) is 10.4 Å². The minimum absolute atomic E-state index is 0.0608. The molecule has 0 aliphatic heterocycles. The fourth-order valence-electron chi connectivity index (χ4n) is 3.04. The first-order valence-electron chi connectivity index (χ1n) is 9.64. The number of nitro groups is 1. The molecule has 3 aromatic rings. The Labute approximate surface area is 199 Å². The Morgan fingerprint density at radius 1 is 1.06 bits per heavy atom. The van der Waals surface area contributed by atoms with Crippen LogP contribution in [0.15, 0.2) is 77.7 Å². The van der Waals surface area contributed by atoms with E-state index in [-0.39, 0.29) is 22.0 Å². The van der Waals surface area contributed by atoms with Gasteiger partial charge in [0.15, 0.2) is 4.90 Å². The summed E-state index contributed by atoms with van der Waals surface area (Å²) in [4.78, 5) is 34.7. The van der Waals surface area contributed by atoms with Gasteiger partial charge in [-0.15, -0.1) is 0 Å². The lowest BCUT2D eigenvalue weighted by molar-refractivity contribution is -0.387. The number of amides is 1. The molecular formula is C22H18ClN3O7S. The van der Waals surface area contributed by atoms with E-state index >= 15 is 0 Å². The SMILES string of the molecule is COC(=O)c1ccc(Cl)c(NC(=O)CN(c2ccccc2)S(=O)(=O)c2ccccc2[N+](=O)[O-])c1. The molecule has 34 heavy (non-hydrogen) atoms. The first kappa shape index (κ1) is 24.7. The second kappa shape index (κ2) is 10.3. The van der Waals surface area contributed by atoms with Crippen molar-refractivity contribution in [3.05, 3.63) is 93.5 Å². The molecular weight excluding hydrogens is 486 g/mol. The number of carbonyl (C=O) groups is 2. The molecule has 0 radical (unpaired) electrons. The summed E-state index contributed by atoms with van der Waals surface area (Å²) in [6.07, 6.45) is 0. The number of esters is 1. The highest BCUT2D eigenvalue weighted by molar-refractivity contribution is 7.93. The summed E-state index contributed by atoms with van der Waals surface area (Å²) in [7, 11) is -3.33. The number of carbonyl (C=O) groups excluding carboxylic acids is 2. The Balaban J connectivity index is 1.99. The van der Waals surface area contributed by atoms with E-state index in [9.17, 15) is 28.1 Å². The molecule has 10 nitrogen and oxygen atoms in total. The van der Waals surface area contributed by atoms with Crippen LogP contribution in [0.4, 0.5) is 17.1 Å². The number of nitro benzene ring substituents is 1. The molecule has 0 heterocycles. The predicted molar refractivity (Wildman–Crippen MR) is 125 cm³/mol. The number of benzene rings is 3. The number of halogens is 1. The lowest BCUT2D eigenvalue weighted by Crippen LogP contribution is -2.38. The van der Waals surface area contributed by atoms with E-state index in [1.54, 1.807) is 18.2 Å². The number of nitrogens with one attached hydrogen (secondary N) is 1. The highest BCUT2D eigenvalue weighted by Gasteiger charge is 2.33. The summed E-state index contributed by atoms with van der Waals surface area (Å²) >= 11 is 6.11. The number of anilines is 2. The van der Waals surface area contributed by atoms with Crippen molar-refractivity contribution >= 4 is 50.6 Å². The summed E-state index contributed by atoms with van der Waals surface area (Å²) in [5.74, 6) is -1.45. The fourth-order valence-corrected chi connectivity index (χ4v) is 4.79. The minimum Gasteiger partial charge on any atom is -0.465 e. The topological polar surface area (TPSA) is 136 Å². The van der Waals surface area contributed by atoms with Crippen LogP contribution in [0.5, 0.6) is 0 Å². The first-order valence-corrected chi connectivity index (χ1v) is 11.5. The number of para-hydroxylation sites is 2. The minimum atomic E-state index is -4.53. The van der Waals surface area contributed by atoms with Gasteiger partial charge in [-0.25, -0.2) is 13.2 Å². The average Bonchev–Trinajstić information content (AvgIpc) is 2.83. The monoisotopic (exact) mass is 503 g/mol. The molecule has 176 valence electrons. The third-order valence-electron chi connectivity index (χ3n) is 4.62. The summed E-state index contributed by atoms with van der Waals surface area (Å²) in [6, 6.07) is 16.6. The Hall–Kier alpha value is -3.96. The summed E-state index contributed by atoms with van der Waals surface area (Å²) in [5.41, 5.74) is -0.330. The van der Waals surface area contributed by atoms with Gasteiger partial charge in [-0.3, -0.25) is 19.2 Å². The van der Waals surface area contributed by atoms with Gasteiger partial charge >= 0.3 is 5.97 Å². The van der Waals surface area contributed by atoms with Gasteiger partial charge in [0.2, 0.25) is 5.91 Å².